The van der Waals surface area contributed by atoms with E-state index in [0.717, 1.165) is 23.3 Å². The maximum Gasteiger partial charge on any atom is 0.303 e. The van der Waals surface area contributed by atoms with Gasteiger partial charge >= 0.3 is 5.97 Å². The van der Waals surface area contributed by atoms with Crippen LogP contribution in [0.3, 0.4) is 0 Å². The number of nitrogens with one attached hydrogen (secondary N) is 1. The molecule has 1 unspecified atom stereocenters. The number of aryl methyl sites for hydroxylation is 1. The monoisotopic (exact) mass is 281 g/mol. The van der Waals surface area contributed by atoms with Crippen LogP contribution in [-0.4, -0.2) is 46.6 Å². The summed E-state index contributed by atoms with van der Waals surface area (Å²) < 4.78 is 0. The van der Waals surface area contributed by atoms with Crippen molar-refractivity contribution in [3.05, 3.63) is 11.1 Å². The molecule has 3 saturated heterocycles. The molecule has 104 valence electrons. The van der Waals surface area contributed by atoms with Crippen LogP contribution in [0.5, 0.6) is 0 Å². The van der Waals surface area contributed by atoms with Gasteiger partial charge in [-0.2, -0.15) is 0 Å². The normalized spacial score (nSPS) is 29.4. The number of thiazole rings is 1. The third-order valence-electron chi connectivity index (χ3n) is 4.11. The highest BCUT2D eigenvalue weighted by atomic mass is 32.1. The van der Waals surface area contributed by atoms with E-state index in [1.54, 1.807) is 11.3 Å². The molecule has 0 aromatic carbocycles. The van der Waals surface area contributed by atoms with Gasteiger partial charge in [0.15, 0.2) is 5.13 Å². The number of hydrogen-bond donors (Lipinski definition) is 2. The number of carboxylic acid groups (broad SMARTS) is 1. The molecule has 5 nitrogen and oxygen atoms in total. The molecule has 3 aliphatic heterocycles. The van der Waals surface area contributed by atoms with Gasteiger partial charge in [-0.25, -0.2) is 4.98 Å². The fraction of sp³-hybridized carbons (Fsp3) is 0.692. The Kier molecular flexibility index (Phi) is 3.70. The highest BCUT2D eigenvalue weighted by Crippen LogP contribution is 2.30. The van der Waals surface area contributed by atoms with Crippen molar-refractivity contribution in [2.24, 2.45) is 5.92 Å². The summed E-state index contributed by atoms with van der Waals surface area (Å²) in [6, 6.07) is 0.515. The highest BCUT2D eigenvalue weighted by Gasteiger charge is 2.34. The zero-order valence-corrected chi connectivity index (χ0v) is 11.7. The average Bonchev–Trinajstić information content (AvgIpc) is 2.85. The molecule has 4 heterocycles. The molecule has 1 atom stereocenters. The molecule has 2 N–H and O–H groups in total. The molecular weight excluding hydrogens is 262 g/mol. The quantitative estimate of drug-likeness (QED) is 0.859. The number of hydrogen-bond acceptors (Lipinski definition) is 5. The van der Waals surface area contributed by atoms with Crippen molar-refractivity contribution in [2.45, 2.75) is 31.7 Å². The number of rotatable bonds is 5. The van der Waals surface area contributed by atoms with Gasteiger partial charge in [0.2, 0.25) is 0 Å². The third-order valence-corrected chi connectivity index (χ3v) is 4.93. The molecule has 0 radical (unpaired) electrons. The van der Waals surface area contributed by atoms with Gasteiger partial charge in [0.25, 0.3) is 0 Å². The van der Waals surface area contributed by atoms with E-state index in [1.807, 2.05) is 5.38 Å². The summed E-state index contributed by atoms with van der Waals surface area (Å²) in [5, 5.41) is 15.1. The summed E-state index contributed by atoms with van der Waals surface area (Å²) in [7, 11) is 0. The van der Waals surface area contributed by atoms with Crippen LogP contribution in [-0.2, 0) is 11.2 Å². The number of carbonyl (C=O) groups is 1. The lowest BCUT2D eigenvalue weighted by Crippen LogP contribution is -2.53. The van der Waals surface area contributed by atoms with E-state index in [0.29, 0.717) is 12.5 Å². The molecule has 3 aliphatic rings. The molecule has 19 heavy (non-hydrogen) atoms. The van der Waals surface area contributed by atoms with Crippen LogP contribution in [0, 0.1) is 5.92 Å². The fourth-order valence-corrected chi connectivity index (χ4v) is 3.82. The van der Waals surface area contributed by atoms with Crippen LogP contribution in [0.4, 0.5) is 5.13 Å². The molecule has 0 aliphatic carbocycles. The Hall–Kier alpha value is -1.14. The predicted molar refractivity (Wildman–Crippen MR) is 74.6 cm³/mol. The predicted octanol–water partition coefficient (Wildman–Crippen LogP) is 1.67. The molecule has 6 heteroatoms. The van der Waals surface area contributed by atoms with Gasteiger partial charge in [-0.1, -0.05) is 0 Å². The number of fused-ring (bicyclic) bond motifs is 3. The molecule has 0 spiro atoms. The first-order valence-electron chi connectivity index (χ1n) is 6.86. The Morgan fingerprint density at radius 2 is 2.32 bits per heavy atom. The van der Waals surface area contributed by atoms with Crippen molar-refractivity contribution in [3.8, 4) is 0 Å². The Morgan fingerprint density at radius 3 is 2.95 bits per heavy atom. The smallest absolute Gasteiger partial charge is 0.303 e. The zero-order chi connectivity index (χ0) is 13.2. The number of nitrogens with zero attached hydrogens (tertiary/aromatic N) is 2. The second kappa shape index (κ2) is 5.46. The van der Waals surface area contributed by atoms with Crippen molar-refractivity contribution in [1.82, 2.24) is 9.88 Å². The van der Waals surface area contributed by atoms with Crippen molar-refractivity contribution in [1.29, 1.82) is 0 Å². The first-order valence-corrected chi connectivity index (χ1v) is 7.74. The van der Waals surface area contributed by atoms with E-state index in [4.69, 9.17) is 5.11 Å². The summed E-state index contributed by atoms with van der Waals surface area (Å²) in [6.07, 6.45) is 3.25. The van der Waals surface area contributed by atoms with Gasteiger partial charge in [-0.15, -0.1) is 11.3 Å². The van der Waals surface area contributed by atoms with E-state index in [1.165, 1.54) is 25.9 Å². The lowest BCUT2D eigenvalue weighted by Gasteiger charge is -2.44. The van der Waals surface area contributed by atoms with Crippen LogP contribution in [0.15, 0.2) is 5.38 Å². The zero-order valence-electron chi connectivity index (χ0n) is 10.8. The minimum Gasteiger partial charge on any atom is -0.481 e. The summed E-state index contributed by atoms with van der Waals surface area (Å²) in [6.45, 7) is 3.60. The van der Waals surface area contributed by atoms with Crippen LogP contribution < -0.4 is 5.32 Å². The first kappa shape index (κ1) is 12.9. The standard InChI is InChI=1S/C13H19N3O2S/c17-12(18)2-1-10-8-19-13(14-10)15-11-7-16-5-3-9(11)4-6-16/h8-9,11H,1-7H2,(H,14,15)(H,17,18). The van der Waals surface area contributed by atoms with Gasteiger partial charge < -0.3 is 15.3 Å². The highest BCUT2D eigenvalue weighted by molar-refractivity contribution is 7.13. The summed E-state index contributed by atoms with van der Waals surface area (Å²) in [4.78, 5) is 17.5. The molecule has 1 aromatic rings. The van der Waals surface area contributed by atoms with Gasteiger partial charge in [0.05, 0.1) is 12.1 Å². The first-order chi connectivity index (χ1) is 9.20. The van der Waals surface area contributed by atoms with Crippen LogP contribution in [0.25, 0.3) is 0 Å². The number of piperidine rings is 3. The van der Waals surface area contributed by atoms with Crippen LogP contribution >= 0.6 is 11.3 Å². The van der Waals surface area contributed by atoms with Crippen molar-refractivity contribution in [2.75, 3.05) is 25.0 Å². The largest absolute Gasteiger partial charge is 0.481 e. The number of anilines is 1. The average molecular weight is 281 g/mol. The van der Waals surface area contributed by atoms with Crippen LogP contribution in [0.1, 0.15) is 25.0 Å². The van der Waals surface area contributed by atoms with Crippen molar-refractivity contribution >= 4 is 22.4 Å². The topological polar surface area (TPSA) is 65.5 Å². The van der Waals surface area contributed by atoms with Gasteiger partial charge in [0, 0.05) is 24.4 Å². The molecular formula is C13H19N3O2S. The minimum atomic E-state index is -0.764. The minimum absolute atomic E-state index is 0.156. The second-order valence-corrected chi connectivity index (χ2v) is 6.28. The van der Waals surface area contributed by atoms with E-state index in [-0.39, 0.29) is 6.42 Å². The van der Waals surface area contributed by atoms with E-state index in [9.17, 15) is 4.79 Å². The Labute approximate surface area is 116 Å². The molecule has 1 aromatic heterocycles. The molecule has 0 amide bonds. The summed E-state index contributed by atoms with van der Waals surface area (Å²) in [5.41, 5.74) is 0.885. The molecule has 4 rings (SSSR count). The maximum absolute atomic E-state index is 10.5. The second-order valence-electron chi connectivity index (χ2n) is 5.43. The number of carboxylic acids is 1. The fourth-order valence-electron chi connectivity index (χ4n) is 3.01. The third kappa shape index (κ3) is 3.06. The van der Waals surface area contributed by atoms with Crippen LogP contribution in [0.2, 0.25) is 0 Å². The van der Waals surface area contributed by atoms with Crippen molar-refractivity contribution < 1.29 is 9.90 Å². The Morgan fingerprint density at radius 1 is 1.53 bits per heavy atom. The maximum atomic E-state index is 10.5. The van der Waals surface area contributed by atoms with E-state index in [2.05, 4.69) is 15.2 Å². The van der Waals surface area contributed by atoms with Gasteiger partial charge in [-0.3, -0.25) is 4.79 Å². The SMILES string of the molecule is O=C(O)CCc1csc(NC2CN3CCC2CC3)n1. The number of aromatic nitrogens is 1. The van der Waals surface area contributed by atoms with Gasteiger partial charge in [0.1, 0.15) is 0 Å². The summed E-state index contributed by atoms with van der Waals surface area (Å²) >= 11 is 1.59. The Bertz CT molecular complexity index is 454. The molecule has 2 bridgehead atoms. The van der Waals surface area contributed by atoms with Crippen molar-refractivity contribution in [3.63, 3.8) is 0 Å². The lowest BCUT2D eigenvalue weighted by atomic mass is 9.84. The van der Waals surface area contributed by atoms with E-state index >= 15 is 0 Å². The number of aliphatic carboxylic acids is 1. The van der Waals surface area contributed by atoms with Gasteiger partial charge in [-0.05, 0) is 31.8 Å². The molecule has 3 fully saturated rings. The summed E-state index contributed by atoms with van der Waals surface area (Å²) in [5.74, 6) is 0.0104. The van der Waals surface area contributed by atoms with E-state index < -0.39 is 5.97 Å². The Balaban J connectivity index is 1.56. The lowest BCUT2D eigenvalue weighted by molar-refractivity contribution is -0.136. The molecule has 0 saturated carbocycles.